The highest BCUT2D eigenvalue weighted by atomic mass is 19.4. The number of piperidine rings is 1. The SMILES string of the molecule is CN1CCCC12CCN(c1cncc(OCc3cccc(OC(F)(F)F)c3)n1)CC2. The van der Waals surface area contributed by atoms with Crippen LogP contribution >= 0.6 is 0 Å². The van der Waals surface area contributed by atoms with Crippen LogP contribution in [0.2, 0.25) is 0 Å². The summed E-state index contributed by atoms with van der Waals surface area (Å²) in [6.45, 7) is 3.07. The lowest BCUT2D eigenvalue weighted by Crippen LogP contribution is -2.50. The average Bonchev–Trinajstić information content (AvgIpc) is 3.06. The van der Waals surface area contributed by atoms with Crippen LogP contribution < -0.4 is 14.4 Å². The van der Waals surface area contributed by atoms with E-state index in [0.29, 0.717) is 17.0 Å². The number of anilines is 1. The smallest absolute Gasteiger partial charge is 0.472 e. The van der Waals surface area contributed by atoms with E-state index < -0.39 is 6.36 Å². The molecule has 0 radical (unpaired) electrons. The lowest BCUT2D eigenvalue weighted by atomic mass is 9.85. The molecule has 0 unspecified atom stereocenters. The number of alkyl halides is 3. The van der Waals surface area contributed by atoms with Crippen LogP contribution in [-0.2, 0) is 6.61 Å². The molecule has 162 valence electrons. The topological polar surface area (TPSA) is 50.7 Å². The Labute approximate surface area is 173 Å². The van der Waals surface area contributed by atoms with Gasteiger partial charge in [0.15, 0.2) is 5.82 Å². The molecule has 0 aliphatic carbocycles. The molecule has 0 saturated carbocycles. The second kappa shape index (κ2) is 8.29. The summed E-state index contributed by atoms with van der Waals surface area (Å²) in [6, 6.07) is 5.71. The Hall–Kier alpha value is -2.55. The van der Waals surface area contributed by atoms with Gasteiger partial charge in [-0.1, -0.05) is 12.1 Å². The minimum atomic E-state index is -4.72. The fraction of sp³-hybridized carbons (Fsp3) is 0.524. The molecule has 2 aromatic rings. The van der Waals surface area contributed by atoms with Crippen LogP contribution in [0.4, 0.5) is 19.0 Å². The molecular weight excluding hydrogens is 397 g/mol. The fourth-order valence-electron chi connectivity index (χ4n) is 4.41. The van der Waals surface area contributed by atoms with Crippen molar-refractivity contribution in [2.24, 2.45) is 0 Å². The highest BCUT2D eigenvalue weighted by Crippen LogP contribution is 2.38. The Bertz CT molecular complexity index is 869. The molecule has 1 spiro atoms. The van der Waals surface area contributed by atoms with Crippen molar-refractivity contribution in [3.05, 3.63) is 42.2 Å². The fourth-order valence-corrected chi connectivity index (χ4v) is 4.41. The van der Waals surface area contributed by atoms with Crippen LogP contribution in [-0.4, -0.2) is 53.5 Å². The number of hydrogen-bond acceptors (Lipinski definition) is 6. The van der Waals surface area contributed by atoms with Crippen molar-refractivity contribution >= 4 is 5.82 Å². The van der Waals surface area contributed by atoms with Gasteiger partial charge in [-0.25, -0.2) is 0 Å². The number of nitrogens with zero attached hydrogens (tertiary/aromatic N) is 4. The van der Waals surface area contributed by atoms with E-state index in [-0.39, 0.29) is 12.4 Å². The average molecular weight is 422 g/mol. The van der Waals surface area contributed by atoms with E-state index in [0.717, 1.165) is 31.7 Å². The zero-order valence-electron chi connectivity index (χ0n) is 16.9. The maximum absolute atomic E-state index is 12.4. The number of benzene rings is 1. The van der Waals surface area contributed by atoms with Crippen LogP contribution in [0, 0.1) is 0 Å². The number of aromatic nitrogens is 2. The number of hydrogen-bond donors (Lipinski definition) is 0. The predicted octanol–water partition coefficient (Wildman–Crippen LogP) is 4.02. The molecule has 0 bridgehead atoms. The number of likely N-dealkylation sites (tertiary alicyclic amines) is 1. The van der Waals surface area contributed by atoms with Crippen LogP contribution in [0.3, 0.4) is 0 Å². The van der Waals surface area contributed by atoms with Gasteiger partial charge >= 0.3 is 6.36 Å². The number of ether oxygens (including phenoxy) is 2. The quantitative estimate of drug-likeness (QED) is 0.726. The Balaban J connectivity index is 1.36. The Morgan fingerprint density at radius 2 is 1.90 bits per heavy atom. The molecule has 2 fully saturated rings. The monoisotopic (exact) mass is 422 g/mol. The van der Waals surface area contributed by atoms with Gasteiger partial charge in [0.1, 0.15) is 12.4 Å². The zero-order chi connectivity index (χ0) is 21.2. The van der Waals surface area contributed by atoms with Gasteiger partial charge < -0.3 is 19.3 Å². The molecule has 2 saturated heterocycles. The van der Waals surface area contributed by atoms with Crippen molar-refractivity contribution in [1.29, 1.82) is 0 Å². The van der Waals surface area contributed by atoms with E-state index in [1.165, 1.54) is 43.8 Å². The number of halogens is 3. The lowest BCUT2D eigenvalue weighted by molar-refractivity contribution is -0.274. The molecule has 0 amide bonds. The summed E-state index contributed by atoms with van der Waals surface area (Å²) in [6.07, 6.45) is 3.22. The second-order valence-electron chi connectivity index (χ2n) is 7.94. The molecule has 2 aliphatic heterocycles. The normalized spacial score (nSPS) is 19.3. The minimum absolute atomic E-state index is 0.0705. The summed E-state index contributed by atoms with van der Waals surface area (Å²) >= 11 is 0. The first-order valence-electron chi connectivity index (χ1n) is 10.1. The summed E-state index contributed by atoms with van der Waals surface area (Å²) < 4.78 is 46.8. The van der Waals surface area contributed by atoms with E-state index in [9.17, 15) is 13.2 Å². The molecule has 30 heavy (non-hydrogen) atoms. The van der Waals surface area contributed by atoms with Crippen LogP contribution in [0.25, 0.3) is 0 Å². The molecule has 1 aromatic heterocycles. The van der Waals surface area contributed by atoms with Gasteiger partial charge in [0.05, 0.1) is 12.4 Å². The third-order valence-corrected chi connectivity index (χ3v) is 6.08. The first kappa shape index (κ1) is 20.7. The van der Waals surface area contributed by atoms with Gasteiger partial charge in [-0.3, -0.25) is 4.98 Å². The van der Waals surface area contributed by atoms with E-state index in [2.05, 4.69) is 31.6 Å². The minimum Gasteiger partial charge on any atom is -0.472 e. The molecule has 0 N–H and O–H groups in total. The molecule has 4 rings (SSSR count). The van der Waals surface area contributed by atoms with Gasteiger partial charge in [0, 0.05) is 18.6 Å². The van der Waals surface area contributed by atoms with E-state index in [1.807, 2.05) is 0 Å². The van der Waals surface area contributed by atoms with Crippen molar-refractivity contribution in [2.75, 3.05) is 31.6 Å². The van der Waals surface area contributed by atoms with Crippen LogP contribution in [0.15, 0.2) is 36.7 Å². The zero-order valence-corrected chi connectivity index (χ0v) is 16.9. The summed E-state index contributed by atoms with van der Waals surface area (Å²) in [7, 11) is 2.21. The van der Waals surface area contributed by atoms with Crippen molar-refractivity contribution in [3.63, 3.8) is 0 Å². The maximum Gasteiger partial charge on any atom is 0.573 e. The summed E-state index contributed by atoms with van der Waals surface area (Å²) in [5, 5.41) is 0. The van der Waals surface area contributed by atoms with E-state index in [4.69, 9.17) is 4.74 Å². The summed E-state index contributed by atoms with van der Waals surface area (Å²) in [4.78, 5) is 13.5. The highest BCUT2D eigenvalue weighted by Gasteiger charge is 2.41. The lowest BCUT2D eigenvalue weighted by Gasteiger charge is -2.44. The summed E-state index contributed by atoms with van der Waals surface area (Å²) in [5.74, 6) is 0.827. The van der Waals surface area contributed by atoms with Crippen LogP contribution in [0.5, 0.6) is 11.6 Å². The van der Waals surface area contributed by atoms with Crippen molar-refractivity contribution in [2.45, 2.75) is 44.2 Å². The van der Waals surface area contributed by atoms with Crippen molar-refractivity contribution in [3.8, 4) is 11.6 Å². The van der Waals surface area contributed by atoms with Gasteiger partial charge in [-0.2, -0.15) is 4.98 Å². The third kappa shape index (κ3) is 4.77. The van der Waals surface area contributed by atoms with Crippen molar-refractivity contribution < 1.29 is 22.6 Å². The Morgan fingerprint density at radius 1 is 1.10 bits per heavy atom. The van der Waals surface area contributed by atoms with Gasteiger partial charge in [0.25, 0.3) is 0 Å². The van der Waals surface area contributed by atoms with E-state index >= 15 is 0 Å². The maximum atomic E-state index is 12.4. The Kier molecular flexibility index (Phi) is 5.73. The van der Waals surface area contributed by atoms with E-state index in [1.54, 1.807) is 12.3 Å². The Morgan fingerprint density at radius 3 is 2.60 bits per heavy atom. The third-order valence-electron chi connectivity index (χ3n) is 6.08. The van der Waals surface area contributed by atoms with Crippen molar-refractivity contribution in [1.82, 2.24) is 14.9 Å². The van der Waals surface area contributed by atoms with Gasteiger partial charge in [0.2, 0.25) is 5.88 Å². The first-order valence-corrected chi connectivity index (χ1v) is 10.1. The molecule has 6 nitrogen and oxygen atoms in total. The largest absolute Gasteiger partial charge is 0.573 e. The molecular formula is C21H25F3N4O2. The van der Waals surface area contributed by atoms with Gasteiger partial charge in [-0.15, -0.1) is 13.2 Å². The molecule has 0 atom stereocenters. The first-order chi connectivity index (χ1) is 14.3. The predicted molar refractivity (Wildman–Crippen MR) is 106 cm³/mol. The molecule has 1 aromatic carbocycles. The van der Waals surface area contributed by atoms with Crippen LogP contribution in [0.1, 0.15) is 31.2 Å². The summed E-state index contributed by atoms with van der Waals surface area (Å²) in [5.41, 5.74) is 0.870. The number of rotatable bonds is 5. The molecule has 3 heterocycles. The standard InChI is InChI=1S/C21H25F3N4O2/c1-27-9-3-6-20(27)7-10-28(11-8-20)18-13-25-14-19(26-18)29-15-16-4-2-5-17(12-16)30-21(22,23)24/h2,4-5,12-14H,3,6-11,15H2,1H3. The molecule has 2 aliphatic rings. The second-order valence-corrected chi connectivity index (χ2v) is 7.94. The highest BCUT2D eigenvalue weighted by molar-refractivity contribution is 5.39. The molecule has 9 heteroatoms. The van der Waals surface area contributed by atoms with Gasteiger partial charge in [-0.05, 0) is 57.0 Å².